The number of hydrogen-bond acceptors (Lipinski definition) is 8. The van der Waals surface area contributed by atoms with E-state index in [2.05, 4.69) is 38.8 Å². The van der Waals surface area contributed by atoms with Gasteiger partial charge in [0.1, 0.15) is 12.6 Å². The van der Waals surface area contributed by atoms with Gasteiger partial charge >= 0.3 is 5.97 Å². The SMILES string of the molecule is C[C@H]1CNC[C@]1(Nc1c(C(N)=O)cnn2cc(-c3cnn(CC(=O)O)c3)cc12)c1ccc(C#N)cn1. The molecule has 5 N–H and O–H groups in total. The molecule has 2 atom stereocenters. The number of nitrogens with one attached hydrogen (secondary N) is 2. The maximum absolute atomic E-state index is 12.4. The van der Waals surface area contributed by atoms with E-state index in [9.17, 15) is 14.9 Å². The summed E-state index contributed by atoms with van der Waals surface area (Å²) >= 11 is 0. The molecule has 4 aromatic heterocycles. The second-order valence-corrected chi connectivity index (χ2v) is 8.85. The lowest BCUT2D eigenvalue weighted by Gasteiger charge is -2.35. The van der Waals surface area contributed by atoms with Crippen LogP contribution in [0.3, 0.4) is 0 Å². The molecule has 182 valence electrons. The van der Waals surface area contributed by atoms with Crippen LogP contribution in [0.1, 0.15) is 28.5 Å². The van der Waals surface area contributed by atoms with Gasteiger partial charge in [0.15, 0.2) is 0 Å². The predicted molar refractivity (Wildman–Crippen MR) is 129 cm³/mol. The highest BCUT2D eigenvalue weighted by Gasteiger charge is 2.44. The molecular formula is C24H23N9O3. The van der Waals surface area contributed by atoms with E-state index < -0.39 is 17.4 Å². The van der Waals surface area contributed by atoms with E-state index in [0.717, 1.165) is 17.8 Å². The van der Waals surface area contributed by atoms with Crippen LogP contribution in [0.15, 0.2) is 49.2 Å². The van der Waals surface area contributed by atoms with Gasteiger partial charge in [0.05, 0.1) is 46.0 Å². The van der Waals surface area contributed by atoms with Crippen LogP contribution in [0.25, 0.3) is 16.6 Å². The fourth-order valence-electron chi connectivity index (χ4n) is 4.63. The zero-order chi connectivity index (χ0) is 25.4. The van der Waals surface area contributed by atoms with E-state index in [1.165, 1.54) is 17.1 Å². The minimum absolute atomic E-state index is 0.0792. The Morgan fingerprint density at radius 1 is 1.28 bits per heavy atom. The van der Waals surface area contributed by atoms with Gasteiger partial charge in [-0.1, -0.05) is 6.92 Å². The summed E-state index contributed by atoms with van der Waals surface area (Å²) in [6, 6.07) is 7.47. The molecule has 1 saturated heterocycles. The molecular weight excluding hydrogens is 462 g/mol. The van der Waals surface area contributed by atoms with E-state index in [0.29, 0.717) is 28.9 Å². The van der Waals surface area contributed by atoms with Crippen molar-refractivity contribution >= 4 is 23.1 Å². The highest BCUT2D eigenvalue weighted by atomic mass is 16.4. The third-order valence-electron chi connectivity index (χ3n) is 6.56. The standard InChI is InChI=1S/C24H23N9O3/c1-14-6-27-13-24(14,20-3-2-15(5-25)7-28-20)31-22-18(23(26)36)9-30-33-11-16(4-19(22)33)17-8-29-32(10-17)12-21(34)35/h2-4,7-11,14,27,31H,6,12-13H2,1H3,(H2,26,36)(H,34,35)/t14-,24+/m0/s1. The number of fused-ring (bicyclic) bond motifs is 1. The topological polar surface area (TPSA) is 176 Å². The summed E-state index contributed by atoms with van der Waals surface area (Å²) in [5.41, 5.74) is 9.02. The number of aliphatic carboxylic acids is 1. The van der Waals surface area contributed by atoms with Gasteiger partial charge in [-0.25, -0.2) is 4.52 Å². The van der Waals surface area contributed by atoms with Crippen molar-refractivity contribution in [3.8, 4) is 17.2 Å². The van der Waals surface area contributed by atoms with Crippen molar-refractivity contribution in [2.24, 2.45) is 11.7 Å². The zero-order valence-electron chi connectivity index (χ0n) is 19.3. The lowest BCUT2D eigenvalue weighted by Crippen LogP contribution is -2.43. The molecule has 0 aromatic carbocycles. The van der Waals surface area contributed by atoms with Crippen molar-refractivity contribution in [1.29, 1.82) is 5.26 Å². The van der Waals surface area contributed by atoms with Gasteiger partial charge in [-0.15, -0.1) is 0 Å². The molecule has 1 aliphatic rings. The molecule has 5 rings (SSSR count). The van der Waals surface area contributed by atoms with Crippen LogP contribution >= 0.6 is 0 Å². The Morgan fingerprint density at radius 2 is 2.11 bits per heavy atom. The first-order valence-corrected chi connectivity index (χ1v) is 11.2. The lowest BCUT2D eigenvalue weighted by atomic mass is 9.84. The fraction of sp³-hybridized carbons (Fsp3) is 0.250. The number of aromatic nitrogens is 5. The first kappa shape index (κ1) is 23.0. The molecule has 0 radical (unpaired) electrons. The van der Waals surface area contributed by atoms with Gasteiger partial charge in [-0.3, -0.25) is 19.3 Å². The van der Waals surface area contributed by atoms with Crippen molar-refractivity contribution in [1.82, 2.24) is 29.7 Å². The van der Waals surface area contributed by atoms with E-state index >= 15 is 0 Å². The second-order valence-electron chi connectivity index (χ2n) is 8.85. The van der Waals surface area contributed by atoms with Crippen molar-refractivity contribution in [2.45, 2.75) is 19.0 Å². The number of pyridine rings is 1. The molecule has 36 heavy (non-hydrogen) atoms. The number of primary amides is 1. The molecule has 12 heteroatoms. The lowest BCUT2D eigenvalue weighted by molar-refractivity contribution is -0.137. The molecule has 0 saturated carbocycles. The van der Waals surface area contributed by atoms with Gasteiger partial charge in [0.2, 0.25) is 0 Å². The third kappa shape index (κ3) is 3.91. The van der Waals surface area contributed by atoms with Gasteiger partial charge in [0.25, 0.3) is 5.91 Å². The molecule has 0 spiro atoms. The number of rotatable bonds is 7. The molecule has 5 heterocycles. The Labute approximate surface area is 205 Å². The highest BCUT2D eigenvalue weighted by Crippen LogP contribution is 2.38. The summed E-state index contributed by atoms with van der Waals surface area (Å²) in [5.74, 6) is -1.55. The van der Waals surface area contributed by atoms with Gasteiger partial charge < -0.3 is 21.5 Å². The average Bonchev–Trinajstić information content (AvgIpc) is 3.58. The smallest absolute Gasteiger partial charge is 0.325 e. The number of amides is 1. The summed E-state index contributed by atoms with van der Waals surface area (Å²) < 4.78 is 2.96. The van der Waals surface area contributed by atoms with Crippen molar-refractivity contribution in [2.75, 3.05) is 18.4 Å². The van der Waals surface area contributed by atoms with Crippen molar-refractivity contribution in [3.05, 3.63) is 66.0 Å². The number of anilines is 1. The summed E-state index contributed by atoms with van der Waals surface area (Å²) in [4.78, 5) is 28.0. The van der Waals surface area contributed by atoms with Crippen LogP contribution in [0, 0.1) is 17.2 Å². The Bertz CT molecular complexity index is 1520. The number of carboxylic acid groups (broad SMARTS) is 1. The Morgan fingerprint density at radius 3 is 2.75 bits per heavy atom. The van der Waals surface area contributed by atoms with Crippen LogP contribution in [-0.2, 0) is 16.9 Å². The van der Waals surface area contributed by atoms with Crippen LogP contribution in [-0.4, -0.2) is 54.5 Å². The summed E-state index contributed by atoms with van der Waals surface area (Å²) in [5, 5.41) is 33.7. The number of carboxylic acids is 1. The van der Waals surface area contributed by atoms with E-state index in [4.69, 9.17) is 10.8 Å². The quantitative estimate of drug-likeness (QED) is 0.299. The van der Waals surface area contributed by atoms with Crippen molar-refractivity contribution in [3.63, 3.8) is 0 Å². The molecule has 0 aliphatic carbocycles. The molecule has 1 amide bonds. The fourth-order valence-corrected chi connectivity index (χ4v) is 4.63. The molecule has 4 aromatic rings. The monoisotopic (exact) mass is 485 g/mol. The Hall–Kier alpha value is -4.76. The van der Waals surface area contributed by atoms with E-state index in [-0.39, 0.29) is 18.0 Å². The largest absolute Gasteiger partial charge is 0.480 e. The number of hydrogen-bond donors (Lipinski definition) is 4. The van der Waals surface area contributed by atoms with Crippen molar-refractivity contribution < 1.29 is 14.7 Å². The van der Waals surface area contributed by atoms with Gasteiger partial charge in [-0.2, -0.15) is 15.5 Å². The number of nitrogens with two attached hydrogens (primary N) is 1. The minimum Gasteiger partial charge on any atom is -0.480 e. The van der Waals surface area contributed by atoms with Crippen LogP contribution < -0.4 is 16.4 Å². The average molecular weight is 486 g/mol. The van der Waals surface area contributed by atoms with Crippen LogP contribution in [0.5, 0.6) is 0 Å². The molecule has 0 bridgehead atoms. The first-order chi connectivity index (χ1) is 17.3. The molecule has 1 aliphatic heterocycles. The molecule has 0 unspecified atom stereocenters. The number of carbonyl (C=O) groups is 2. The zero-order valence-corrected chi connectivity index (χ0v) is 19.3. The van der Waals surface area contributed by atoms with Gasteiger partial charge in [0, 0.05) is 42.8 Å². The highest BCUT2D eigenvalue weighted by molar-refractivity contribution is 6.02. The predicted octanol–water partition coefficient (Wildman–Crippen LogP) is 1.19. The number of carbonyl (C=O) groups excluding carboxylic acids is 1. The van der Waals surface area contributed by atoms with E-state index in [1.54, 1.807) is 29.2 Å². The number of nitriles is 1. The normalized spacial score (nSPS) is 19.3. The summed E-state index contributed by atoms with van der Waals surface area (Å²) in [6.45, 7) is 3.08. The third-order valence-corrected chi connectivity index (χ3v) is 6.56. The van der Waals surface area contributed by atoms with Crippen LogP contribution in [0.4, 0.5) is 5.69 Å². The Balaban J connectivity index is 1.63. The molecule has 1 fully saturated rings. The number of nitrogens with zero attached hydrogens (tertiary/aromatic N) is 6. The van der Waals surface area contributed by atoms with E-state index in [1.807, 2.05) is 12.1 Å². The summed E-state index contributed by atoms with van der Waals surface area (Å²) in [7, 11) is 0. The maximum Gasteiger partial charge on any atom is 0.325 e. The maximum atomic E-state index is 12.4. The summed E-state index contributed by atoms with van der Waals surface area (Å²) in [6.07, 6.45) is 7.94. The Kier molecular flexibility index (Phi) is 5.62. The molecule has 12 nitrogen and oxygen atoms in total. The second kappa shape index (κ2) is 8.79. The minimum atomic E-state index is -0.994. The first-order valence-electron chi connectivity index (χ1n) is 11.2. The van der Waals surface area contributed by atoms with Gasteiger partial charge in [-0.05, 0) is 24.1 Å². The van der Waals surface area contributed by atoms with Crippen LogP contribution in [0.2, 0.25) is 0 Å².